The number of carbonyl (C=O) groups excluding carboxylic acids is 1. The van der Waals surface area contributed by atoms with Crippen molar-refractivity contribution in [1.29, 1.82) is 5.26 Å². The monoisotopic (exact) mass is 216 g/mol. The van der Waals surface area contributed by atoms with E-state index >= 15 is 0 Å². The zero-order valence-electron chi connectivity index (χ0n) is 9.41. The maximum absolute atomic E-state index is 12.2. The molecule has 0 radical (unpaired) electrons. The van der Waals surface area contributed by atoms with Crippen molar-refractivity contribution in [2.45, 2.75) is 32.1 Å². The van der Waals surface area contributed by atoms with E-state index in [1.807, 2.05) is 0 Å². The number of nitriles is 1. The molecule has 1 amide bonds. The first-order valence-corrected chi connectivity index (χ1v) is 5.86. The Balaban J connectivity index is 2.04. The predicted octanol–water partition coefficient (Wildman–Crippen LogP) is 1.55. The molecule has 0 N–H and O–H groups in total. The van der Waals surface area contributed by atoms with Crippen LogP contribution < -0.4 is 0 Å². The van der Waals surface area contributed by atoms with Gasteiger partial charge in [0.05, 0.1) is 12.6 Å². The standard InChI is InChI=1S/C13H16N2O/c1-2-8-15(9-11-4-5-11)12(16)13(10-14)6-3-7-13/h1,11H,3-9H2. The molecule has 0 unspecified atom stereocenters. The summed E-state index contributed by atoms with van der Waals surface area (Å²) in [7, 11) is 0. The third kappa shape index (κ3) is 1.91. The van der Waals surface area contributed by atoms with Gasteiger partial charge in [-0.2, -0.15) is 5.26 Å². The summed E-state index contributed by atoms with van der Waals surface area (Å²) in [5, 5.41) is 9.12. The van der Waals surface area contributed by atoms with E-state index in [-0.39, 0.29) is 5.91 Å². The fourth-order valence-corrected chi connectivity index (χ4v) is 2.15. The molecule has 0 bridgehead atoms. The van der Waals surface area contributed by atoms with Crippen LogP contribution in [0.3, 0.4) is 0 Å². The Bertz CT molecular complexity index is 366. The van der Waals surface area contributed by atoms with Crippen LogP contribution in [0.5, 0.6) is 0 Å². The lowest BCUT2D eigenvalue weighted by atomic mass is 9.69. The van der Waals surface area contributed by atoms with Crippen LogP contribution in [0.15, 0.2) is 0 Å². The maximum Gasteiger partial charge on any atom is 0.243 e. The van der Waals surface area contributed by atoms with E-state index in [1.165, 1.54) is 12.8 Å². The van der Waals surface area contributed by atoms with Gasteiger partial charge < -0.3 is 4.90 Å². The second-order valence-corrected chi connectivity index (χ2v) is 4.88. The zero-order valence-corrected chi connectivity index (χ0v) is 9.41. The number of rotatable bonds is 4. The highest BCUT2D eigenvalue weighted by Gasteiger charge is 2.47. The van der Waals surface area contributed by atoms with Crippen LogP contribution in [0, 0.1) is 35.0 Å². The molecule has 0 saturated heterocycles. The van der Waals surface area contributed by atoms with Gasteiger partial charge in [-0.3, -0.25) is 4.79 Å². The summed E-state index contributed by atoms with van der Waals surface area (Å²) in [5.74, 6) is 3.10. The molecule has 0 aromatic heterocycles. The molecule has 2 fully saturated rings. The lowest BCUT2D eigenvalue weighted by Gasteiger charge is -2.37. The Morgan fingerprint density at radius 2 is 2.19 bits per heavy atom. The van der Waals surface area contributed by atoms with Gasteiger partial charge in [-0.25, -0.2) is 0 Å². The van der Waals surface area contributed by atoms with Gasteiger partial charge in [0.1, 0.15) is 5.41 Å². The lowest BCUT2D eigenvalue weighted by Crippen LogP contribution is -2.48. The van der Waals surface area contributed by atoms with Crippen LogP contribution >= 0.6 is 0 Å². The Labute approximate surface area is 96.4 Å². The molecule has 0 aromatic rings. The van der Waals surface area contributed by atoms with Crippen molar-refractivity contribution in [1.82, 2.24) is 4.90 Å². The van der Waals surface area contributed by atoms with Gasteiger partial charge in [-0.05, 0) is 38.0 Å². The molecule has 16 heavy (non-hydrogen) atoms. The van der Waals surface area contributed by atoms with E-state index in [9.17, 15) is 4.79 Å². The zero-order chi connectivity index (χ0) is 11.6. The molecule has 0 atom stereocenters. The molecule has 0 aliphatic heterocycles. The number of nitrogens with zero attached hydrogens (tertiary/aromatic N) is 2. The van der Waals surface area contributed by atoms with E-state index in [4.69, 9.17) is 11.7 Å². The fourth-order valence-electron chi connectivity index (χ4n) is 2.15. The first-order chi connectivity index (χ1) is 7.72. The average Bonchev–Trinajstić information content (AvgIpc) is 3.00. The van der Waals surface area contributed by atoms with Crippen molar-refractivity contribution >= 4 is 5.91 Å². The van der Waals surface area contributed by atoms with Crippen molar-refractivity contribution in [2.24, 2.45) is 11.3 Å². The highest BCUT2D eigenvalue weighted by molar-refractivity contribution is 5.86. The van der Waals surface area contributed by atoms with Crippen LogP contribution in [-0.4, -0.2) is 23.9 Å². The van der Waals surface area contributed by atoms with Crippen LogP contribution in [-0.2, 0) is 4.79 Å². The smallest absolute Gasteiger partial charge is 0.243 e. The van der Waals surface area contributed by atoms with Crippen molar-refractivity contribution < 1.29 is 4.79 Å². The van der Waals surface area contributed by atoms with Crippen molar-refractivity contribution in [3.63, 3.8) is 0 Å². The van der Waals surface area contributed by atoms with Crippen LogP contribution in [0.2, 0.25) is 0 Å². The lowest BCUT2D eigenvalue weighted by molar-refractivity contribution is -0.142. The first kappa shape index (κ1) is 11.0. The molecular weight excluding hydrogens is 200 g/mol. The van der Waals surface area contributed by atoms with E-state index in [0.29, 0.717) is 25.3 Å². The third-order valence-electron chi connectivity index (χ3n) is 3.58. The third-order valence-corrected chi connectivity index (χ3v) is 3.58. The minimum atomic E-state index is -0.744. The molecule has 2 saturated carbocycles. The van der Waals surface area contributed by atoms with Gasteiger partial charge in [-0.15, -0.1) is 6.42 Å². The van der Waals surface area contributed by atoms with Gasteiger partial charge >= 0.3 is 0 Å². The van der Waals surface area contributed by atoms with Crippen LogP contribution in [0.4, 0.5) is 0 Å². The van der Waals surface area contributed by atoms with E-state index < -0.39 is 5.41 Å². The molecule has 0 heterocycles. The number of hydrogen-bond acceptors (Lipinski definition) is 2. The quantitative estimate of drug-likeness (QED) is 0.669. The summed E-state index contributed by atoms with van der Waals surface area (Å²) in [6, 6.07) is 2.19. The molecule has 3 heteroatoms. The van der Waals surface area contributed by atoms with Gasteiger partial charge in [0.15, 0.2) is 0 Å². The summed E-state index contributed by atoms with van der Waals surface area (Å²) in [4.78, 5) is 13.9. The molecule has 2 rings (SSSR count). The van der Waals surface area contributed by atoms with Crippen LogP contribution in [0.25, 0.3) is 0 Å². The summed E-state index contributed by atoms with van der Waals surface area (Å²) in [5.41, 5.74) is -0.744. The molecule has 0 spiro atoms. The number of carbonyl (C=O) groups is 1. The second-order valence-electron chi connectivity index (χ2n) is 4.88. The molecule has 2 aliphatic carbocycles. The van der Waals surface area contributed by atoms with Crippen molar-refractivity contribution in [3.8, 4) is 18.4 Å². The minimum absolute atomic E-state index is 0.0360. The van der Waals surface area contributed by atoms with E-state index in [0.717, 1.165) is 13.0 Å². The summed E-state index contributed by atoms with van der Waals surface area (Å²) >= 11 is 0. The highest BCUT2D eigenvalue weighted by Crippen LogP contribution is 2.42. The van der Waals surface area contributed by atoms with Crippen molar-refractivity contribution in [2.75, 3.05) is 13.1 Å². The summed E-state index contributed by atoms with van der Waals surface area (Å²) in [6.45, 7) is 1.09. The maximum atomic E-state index is 12.2. The van der Waals surface area contributed by atoms with Gasteiger partial charge in [0.2, 0.25) is 5.91 Å². The summed E-state index contributed by atoms with van der Waals surface area (Å²) in [6.07, 6.45) is 10.0. The Hall–Kier alpha value is -1.48. The molecular formula is C13H16N2O. The first-order valence-electron chi connectivity index (χ1n) is 5.86. The highest BCUT2D eigenvalue weighted by atomic mass is 16.2. The van der Waals surface area contributed by atoms with Gasteiger partial charge in [0.25, 0.3) is 0 Å². The predicted molar refractivity (Wildman–Crippen MR) is 60.0 cm³/mol. The molecule has 3 nitrogen and oxygen atoms in total. The van der Waals surface area contributed by atoms with Crippen LogP contribution in [0.1, 0.15) is 32.1 Å². The molecule has 2 aliphatic rings. The Morgan fingerprint density at radius 1 is 1.50 bits per heavy atom. The molecule has 0 aromatic carbocycles. The Kier molecular flexibility index (Phi) is 2.88. The van der Waals surface area contributed by atoms with Crippen molar-refractivity contribution in [3.05, 3.63) is 0 Å². The minimum Gasteiger partial charge on any atom is -0.330 e. The largest absolute Gasteiger partial charge is 0.330 e. The number of terminal acetylenes is 1. The number of amides is 1. The van der Waals surface area contributed by atoms with E-state index in [2.05, 4.69) is 12.0 Å². The topological polar surface area (TPSA) is 44.1 Å². The summed E-state index contributed by atoms with van der Waals surface area (Å²) < 4.78 is 0. The molecule has 84 valence electrons. The normalized spacial score (nSPS) is 21.4. The average molecular weight is 216 g/mol. The van der Waals surface area contributed by atoms with E-state index in [1.54, 1.807) is 4.90 Å². The van der Waals surface area contributed by atoms with Gasteiger partial charge in [-0.1, -0.05) is 5.92 Å². The second kappa shape index (κ2) is 4.18. The van der Waals surface area contributed by atoms with Gasteiger partial charge in [0, 0.05) is 6.54 Å². The fraction of sp³-hybridized carbons (Fsp3) is 0.692. The Morgan fingerprint density at radius 3 is 2.56 bits per heavy atom. The SMILES string of the molecule is C#CCN(CC1CC1)C(=O)C1(C#N)CCC1. The number of hydrogen-bond donors (Lipinski definition) is 0.